The van der Waals surface area contributed by atoms with Gasteiger partial charge in [-0.25, -0.2) is 0 Å². The molecule has 0 fully saturated rings. The molecule has 0 saturated carbocycles. The van der Waals surface area contributed by atoms with E-state index in [-0.39, 0.29) is 6.61 Å². The van der Waals surface area contributed by atoms with Crippen LogP contribution in [-0.4, -0.2) is 49.8 Å². The number of aliphatic hydroxyl groups is 1. The molecule has 80 valence electrons. The third-order valence-electron chi connectivity index (χ3n) is 2.31. The molecular formula is C10H24N2O. The number of hydrogen-bond acceptors (Lipinski definition) is 3. The second kappa shape index (κ2) is 8.48. The van der Waals surface area contributed by atoms with Crippen molar-refractivity contribution >= 4 is 0 Å². The zero-order valence-corrected chi connectivity index (χ0v) is 9.21. The van der Waals surface area contributed by atoms with E-state index < -0.39 is 0 Å². The van der Waals surface area contributed by atoms with E-state index in [2.05, 4.69) is 24.2 Å². The molecule has 0 heterocycles. The Hall–Kier alpha value is -0.120. The molecule has 0 aliphatic rings. The van der Waals surface area contributed by atoms with Gasteiger partial charge in [0.05, 0.1) is 0 Å². The van der Waals surface area contributed by atoms with Crippen LogP contribution in [0.25, 0.3) is 0 Å². The standard InChI is InChI=1S/C10H24N2O/c1-4-5-7-12(3)9-10(11-2)6-8-13/h10-11,13H,4-9H2,1-3H3. The van der Waals surface area contributed by atoms with Gasteiger partial charge in [0.2, 0.25) is 0 Å². The molecule has 0 aliphatic carbocycles. The molecule has 1 unspecified atom stereocenters. The molecule has 1 atom stereocenters. The number of unbranched alkanes of at least 4 members (excludes halogenated alkanes) is 1. The van der Waals surface area contributed by atoms with Gasteiger partial charge in [-0.1, -0.05) is 13.3 Å². The minimum atomic E-state index is 0.271. The van der Waals surface area contributed by atoms with E-state index in [1.807, 2.05) is 7.05 Å². The van der Waals surface area contributed by atoms with Gasteiger partial charge in [0, 0.05) is 19.2 Å². The Morgan fingerprint density at radius 1 is 1.46 bits per heavy atom. The van der Waals surface area contributed by atoms with Gasteiger partial charge in [-0.2, -0.15) is 0 Å². The van der Waals surface area contributed by atoms with Gasteiger partial charge in [-0.3, -0.25) is 0 Å². The summed E-state index contributed by atoms with van der Waals surface area (Å²) in [6, 6.07) is 0.423. The summed E-state index contributed by atoms with van der Waals surface area (Å²) < 4.78 is 0. The zero-order valence-electron chi connectivity index (χ0n) is 9.21. The van der Waals surface area contributed by atoms with Gasteiger partial charge in [0.15, 0.2) is 0 Å². The first-order valence-corrected chi connectivity index (χ1v) is 5.21. The predicted octanol–water partition coefficient (Wildman–Crippen LogP) is 0.689. The van der Waals surface area contributed by atoms with E-state index in [9.17, 15) is 0 Å². The highest BCUT2D eigenvalue weighted by molar-refractivity contribution is 4.68. The van der Waals surface area contributed by atoms with E-state index in [4.69, 9.17) is 5.11 Å². The van der Waals surface area contributed by atoms with Crippen LogP contribution in [-0.2, 0) is 0 Å². The van der Waals surface area contributed by atoms with Crippen LogP contribution in [0.3, 0.4) is 0 Å². The Morgan fingerprint density at radius 3 is 2.62 bits per heavy atom. The predicted molar refractivity (Wildman–Crippen MR) is 57.0 cm³/mol. The van der Waals surface area contributed by atoms with Gasteiger partial charge < -0.3 is 15.3 Å². The van der Waals surface area contributed by atoms with E-state index in [0.29, 0.717) is 6.04 Å². The van der Waals surface area contributed by atoms with Crippen LogP contribution in [0.15, 0.2) is 0 Å². The molecule has 0 amide bonds. The van der Waals surface area contributed by atoms with Crippen molar-refractivity contribution in [3.63, 3.8) is 0 Å². The normalized spacial score (nSPS) is 13.6. The van der Waals surface area contributed by atoms with Crippen molar-refractivity contribution < 1.29 is 5.11 Å². The SMILES string of the molecule is CCCCN(C)CC(CCO)NC. The first-order chi connectivity index (χ1) is 6.24. The lowest BCUT2D eigenvalue weighted by Crippen LogP contribution is -2.38. The fraction of sp³-hybridized carbons (Fsp3) is 1.00. The number of nitrogens with one attached hydrogen (secondary N) is 1. The molecule has 0 aromatic heterocycles. The Balaban J connectivity index is 3.53. The molecular weight excluding hydrogens is 164 g/mol. The minimum Gasteiger partial charge on any atom is -0.396 e. The summed E-state index contributed by atoms with van der Waals surface area (Å²) in [6.07, 6.45) is 3.34. The maximum Gasteiger partial charge on any atom is 0.0446 e. The summed E-state index contributed by atoms with van der Waals surface area (Å²) in [7, 11) is 4.09. The second-order valence-electron chi connectivity index (χ2n) is 3.61. The molecule has 3 heteroatoms. The van der Waals surface area contributed by atoms with Crippen LogP contribution >= 0.6 is 0 Å². The maximum atomic E-state index is 8.80. The molecule has 3 nitrogen and oxygen atoms in total. The molecule has 0 saturated heterocycles. The van der Waals surface area contributed by atoms with Gasteiger partial charge in [-0.15, -0.1) is 0 Å². The second-order valence-corrected chi connectivity index (χ2v) is 3.61. The molecule has 0 rings (SSSR count). The number of likely N-dealkylation sites (N-methyl/N-ethyl adjacent to an activating group) is 2. The van der Waals surface area contributed by atoms with Crippen molar-refractivity contribution in [2.24, 2.45) is 0 Å². The highest BCUT2D eigenvalue weighted by Crippen LogP contribution is 1.96. The lowest BCUT2D eigenvalue weighted by atomic mass is 10.2. The lowest BCUT2D eigenvalue weighted by molar-refractivity contribution is 0.232. The Morgan fingerprint density at radius 2 is 2.15 bits per heavy atom. The van der Waals surface area contributed by atoms with Crippen molar-refractivity contribution in [2.75, 3.05) is 33.8 Å². The van der Waals surface area contributed by atoms with Crippen LogP contribution in [0.2, 0.25) is 0 Å². The summed E-state index contributed by atoms with van der Waals surface area (Å²) >= 11 is 0. The van der Waals surface area contributed by atoms with Gasteiger partial charge in [0.1, 0.15) is 0 Å². The fourth-order valence-electron chi connectivity index (χ4n) is 1.38. The highest BCUT2D eigenvalue weighted by atomic mass is 16.3. The first kappa shape index (κ1) is 12.9. The third kappa shape index (κ3) is 6.99. The molecule has 0 radical (unpaired) electrons. The monoisotopic (exact) mass is 188 g/mol. The van der Waals surface area contributed by atoms with E-state index in [1.165, 1.54) is 12.8 Å². The van der Waals surface area contributed by atoms with Crippen LogP contribution in [0.5, 0.6) is 0 Å². The maximum absolute atomic E-state index is 8.80. The zero-order chi connectivity index (χ0) is 10.1. The van der Waals surface area contributed by atoms with Crippen molar-refractivity contribution in [1.29, 1.82) is 0 Å². The van der Waals surface area contributed by atoms with E-state index in [1.54, 1.807) is 0 Å². The summed E-state index contributed by atoms with van der Waals surface area (Å²) in [6.45, 7) is 4.65. The molecule has 2 N–H and O–H groups in total. The van der Waals surface area contributed by atoms with Gasteiger partial charge in [-0.05, 0) is 33.5 Å². The van der Waals surface area contributed by atoms with Crippen molar-refractivity contribution in [2.45, 2.75) is 32.2 Å². The number of hydrogen-bond donors (Lipinski definition) is 2. The number of nitrogens with zero attached hydrogens (tertiary/aromatic N) is 1. The van der Waals surface area contributed by atoms with Crippen LogP contribution in [0, 0.1) is 0 Å². The van der Waals surface area contributed by atoms with Crippen LogP contribution < -0.4 is 5.32 Å². The molecule has 0 aromatic carbocycles. The first-order valence-electron chi connectivity index (χ1n) is 5.21. The number of rotatable bonds is 8. The van der Waals surface area contributed by atoms with Crippen molar-refractivity contribution in [1.82, 2.24) is 10.2 Å². The third-order valence-corrected chi connectivity index (χ3v) is 2.31. The summed E-state index contributed by atoms with van der Waals surface area (Å²) in [4.78, 5) is 2.32. The Bertz CT molecular complexity index is 109. The Kier molecular flexibility index (Phi) is 8.40. The number of aliphatic hydroxyl groups excluding tert-OH is 1. The Labute approximate surface area is 82.1 Å². The van der Waals surface area contributed by atoms with E-state index >= 15 is 0 Å². The average molecular weight is 188 g/mol. The average Bonchev–Trinajstić information content (AvgIpc) is 2.14. The van der Waals surface area contributed by atoms with Gasteiger partial charge >= 0.3 is 0 Å². The van der Waals surface area contributed by atoms with Gasteiger partial charge in [0.25, 0.3) is 0 Å². The minimum absolute atomic E-state index is 0.271. The molecule has 0 aromatic rings. The summed E-state index contributed by atoms with van der Waals surface area (Å²) in [5.41, 5.74) is 0. The summed E-state index contributed by atoms with van der Waals surface area (Å²) in [5.74, 6) is 0. The largest absolute Gasteiger partial charge is 0.396 e. The molecule has 13 heavy (non-hydrogen) atoms. The smallest absolute Gasteiger partial charge is 0.0446 e. The lowest BCUT2D eigenvalue weighted by Gasteiger charge is -2.22. The molecule has 0 bridgehead atoms. The van der Waals surface area contributed by atoms with Crippen LogP contribution in [0.4, 0.5) is 0 Å². The fourth-order valence-corrected chi connectivity index (χ4v) is 1.38. The highest BCUT2D eigenvalue weighted by Gasteiger charge is 2.07. The quantitative estimate of drug-likeness (QED) is 0.588. The van der Waals surface area contributed by atoms with Crippen LogP contribution in [0.1, 0.15) is 26.2 Å². The van der Waals surface area contributed by atoms with Crippen molar-refractivity contribution in [3.8, 4) is 0 Å². The van der Waals surface area contributed by atoms with E-state index in [0.717, 1.165) is 19.5 Å². The van der Waals surface area contributed by atoms with Crippen molar-refractivity contribution in [3.05, 3.63) is 0 Å². The molecule has 0 aliphatic heterocycles. The summed E-state index contributed by atoms with van der Waals surface area (Å²) in [5, 5.41) is 12.0. The topological polar surface area (TPSA) is 35.5 Å². The molecule has 0 spiro atoms.